The minimum absolute atomic E-state index is 0.119. The van der Waals surface area contributed by atoms with Gasteiger partial charge >= 0.3 is 0 Å². The van der Waals surface area contributed by atoms with Crippen molar-refractivity contribution in [2.45, 2.75) is 25.5 Å². The van der Waals surface area contributed by atoms with Crippen molar-refractivity contribution < 1.29 is 9.84 Å². The molecule has 2 fully saturated rings. The Morgan fingerprint density at radius 2 is 2.12 bits per heavy atom. The largest absolute Gasteiger partial charge is 0.391 e. The van der Waals surface area contributed by atoms with Gasteiger partial charge in [-0.25, -0.2) is 0 Å². The lowest BCUT2D eigenvalue weighted by Gasteiger charge is -2.34. The van der Waals surface area contributed by atoms with Gasteiger partial charge in [0.1, 0.15) is 0 Å². The molecule has 0 radical (unpaired) electrons. The van der Waals surface area contributed by atoms with Gasteiger partial charge < -0.3 is 20.1 Å². The SMILES string of the molecule is CCNC(=NCC(c1ccccc1Cl)N1CCOCC1)N1CC[C@@H](O)C1. The van der Waals surface area contributed by atoms with E-state index in [9.17, 15) is 5.11 Å². The average Bonchev–Trinajstić information content (AvgIpc) is 3.09. The number of benzene rings is 1. The molecule has 0 aliphatic carbocycles. The molecule has 0 spiro atoms. The molecule has 3 rings (SSSR count). The van der Waals surface area contributed by atoms with Gasteiger partial charge in [-0.2, -0.15) is 0 Å². The summed E-state index contributed by atoms with van der Waals surface area (Å²) in [4.78, 5) is 9.44. The molecule has 2 saturated heterocycles. The highest BCUT2D eigenvalue weighted by molar-refractivity contribution is 6.31. The maximum Gasteiger partial charge on any atom is 0.194 e. The van der Waals surface area contributed by atoms with E-state index < -0.39 is 0 Å². The molecule has 2 N–H and O–H groups in total. The highest BCUT2D eigenvalue weighted by Crippen LogP contribution is 2.28. The van der Waals surface area contributed by atoms with Gasteiger partial charge in [0.2, 0.25) is 0 Å². The molecule has 0 bridgehead atoms. The number of guanidine groups is 1. The molecule has 1 aromatic rings. The number of hydrogen-bond acceptors (Lipinski definition) is 4. The van der Waals surface area contributed by atoms with E-state index in [-0.39, 0.29) is 12.1 Å². The molecule has 26 heavy (non-hydrogen) atoms. The van der Waals surface area contributed by atoms with Crippen molar-refractivity contribution >= 4 is 17.6 Å². The molecule has 2 aliphatic rings. The van der Waals surface area contributed by atoms with Crippen LogP contribution >= 0.6 is 11.6 Å². The van der Waals surface area contributed by atoms with E-state index in [1.165, 1.54) is 0 Å². The van der Waals surface area contributed by atoms with Gasteiger partial charge in [-0.05, 0) is 25.0 Å². The zero-order chi connectivity index (χ0) is 18.4. The van der Waals surface area contributed by atoms with Crippen molar-refractivity contribution in [3.63, 3.8) is 0 Å². The van der Waals surface area contributed by atoms with Crippen LogP contribution in [-0.4, -0.2) is 79.5 Å². The van der Waals surface area contributed by atoms with Crippen LogP contribution in [0.5, 0.6) is 0 Å². The normalized spacial score (nSPS) is 23.3. The highest BCUT2D eigenvalue weighted by atomic mass is 35.5. The summed E-state index contributed by atoms with van der Waals surface area (Å²) in [6.45, 7) is 8.20. The third-order valence-electron chi connectivity index (χ3n) is 4.96. The molecule has 1 unspecified atom stereocenters. The minimum atomic E-state index is -0.266. The molecule has 0 aromatic heterocycles. The van der Waals surface area contributed by atoms with Gasteiger partial charge in [0.25, 0.3) is 0 Å². The number of aliphatic hydroxyl groups excluding tert-OH is 1. The molecule has 6 nitrogen and oxygen atoms in total. The summed E-state index contributed by atoms with van der Waals surface area (Å²) in [6, 6.07) is 8.14. The Bertz CT molecular complexity index is 607. The second kappa shape index (κ2) is 9.55. The number of nitrogens with one attached hydrogen (secondary N) is 1. The fraction of sp³-hybridized carbons (Fsp3) is 0.632. The first-order valence-electron chi connectivity index (χ1n) is 9.46. The van der Waals surface area contributed by atoms with Gasteiger partial charge in [-0.15, -0.1) is 0 Å². The van der Waals surface area contributed by atoms with Crippen LogP contribution in [0.25, 0.3) is 0 Å². The van der Waals surface area contributed by atoms with Crippen LogP contribution in [0.4, 0.5) is 0 Å². The second-order valence-corrected chi connectivity index (χ2v) is 7.18. The Balaban J connectivity index is 1.80. The van der Waals surface area contributed by atoms with Crippen LogP contribution < -0.4 is 5.32 Å². The number of halogens is 1. The number of morpholine rings is 1. The lowest BCUT2D eigenvalue weighted by molar-refractivity contribution is 0.0179. The van der Waals surface area contributed by atoms with Crippen LogP contribution in [0.15, 0.2) is 29.3 Å². The number of rotatable bonds is 5. The van der Waals surface area contributed by atoms with E-state index in [1.807, 2.05) is 18.2 Å². The zero-order valence-electron chi connectivity index (χ0n) is 15.4. The number of β-amino-alcohol motifs (C(OH)–C–C–N with tert-alkyl or cyclic N) is 1. The van der Waals surface area contributed by atoms with Crippen molar-refractivity contribution in [1.82, 2.24) is 15.1 Å². The summed E-state index contributed by atoms with van der Waals surface area (Å²) in [5.74, 6) is 0.870. The van der Waals surface area contributed by atoms with Gasteiger partial charge in [0.05, 0.1) is 31.9 Å². The molecule has 0 amide bonds. The number of aliphatic hydroxyl groups is 1. The second-order valence-electron chi connectivity index (χ2n) is 6.77. The predicted molar refractivity (Wildman–Crippen MR) is 105 cm³/mol. The fourth-order valence-corrected chi connectivity index (χ4v) is 3.84. The van der Waals surface area contributed by atoms with Crippen molar-refractivity contribution in [2.24, 2.45) is 4.99 Å². The summed E-state index contributed by atoms with van der Waals surface area (Å²) in [5, 5.41) is 14.0. The number of aliphatic imine (C=N–C) groups is 1. The first-order valence-corrected chi connectivity index (χ1v) is 9.84. The van der Waals surface area contributed by atoms with Crippen molar-refractivity contribution in [1.29, 1.82) is 0 Å². The smallest absolute Gasteiger partial charge is 0.194 e. The molecule has 0 saturated carbocycles. The van der Waals surface area contributed by atoms with Crippen LogP contribution in [0.1, 0.15) is 24.9 Å². The average molecular weight is 381 g/mol. The Hall–Kier alpha value is -1.34. The van der Waals surface area contributed by atoms with Gasteiger partial charge in [0, 0.05) is 37.7 Å². The maximum absolute atomic E-state index is 9.85. The van der Waals surface area contributed by atoms with E-state index in [1.54, 1.807) is 0 Å². The third-order valence-corrected chi connectivity index (χ3v) is 5.31. The fourth-order valence-electron chi connectivity index (χ4n) is 3.58. The van der Waals surface area contributed by atoms with E-state index in [4.69, 9.17) is 21.3 Å². The molecule has 144 valence electrons. The lowest BCUT2D eigenvalue weighted by atomic mass is 10.0. The minimum Gasteiger partial charge on any atom is -0.391 e. The first-order chi connectivity index (χ1) is 12.7. The number of likely N-dealkylation sites (tertiary alicyclic amines) is 1. The van der Waals surface area contributed by atoms with Crippen LogP contribution in [0.3, 0.4) is 0 Å². The van der Waals surface area contributed by atoms with E-state index in [0.29, 0.717) is 13.1 Å². The first kappa shape index (κ1) is 19.4. The summed E-state index contributed by atoms with van der Waals surface area (Å²) in [6.07, 6.45) is 0.527. The zero-order valence-corrected chi connectivity index (χ0v) is 16.2. The van der Waals surface area contributed by atoms with E-state index in [2.05, 4.69) is 28.1 Å². The third kappa shape index (κ3) is 4.88. The topological polar surface area (TPSA) is 60.3 Å². The quantitative estimate of drug-likeness (QED) is 0.602. The standard InChI is InChI=1S/C19H29ClN4O2/c1-2-21-19(24-8-7-15(25)14-24)22-13-18(23-9-11-26-12-10-23)16-5-3-4-6-17(16)20/h3-6,15,18,25H,2,7-14H2,1H3,(H,21,22)/t15-,18?/m1/s1. The van der Waals surface area contributed by atoms with Crippen LogP contribution in [0.2, 0.25) is 5.02 Å². The molecule has 7 heteroatoms. The Morgan fingerprint density at radius 3 is 2.77 bits per heavy atom. The predicted octanol–water partition coefficient (Wildman–Crippen LogP) is 1.75. The van der Waals surface area contributed by atoms with Crippen molar-refractivity contribution in [2.75, 3.05) is 52.5 Å². The van der Waals surface area contributed by atoms with Crippen molar-refractivity contribution in [3.8, 4) is 0 Å². The Labute approximate surface area is 160 Å². The molecular weight excluding hydrogens is 352 g/mol. The van der Waals surface area contributed by atoms with E-state index in [0.717, 1.165) is 62.4 Å². The van der Waals surface area contributed by atoms with Crippen LogP contribution in [0, 0.1) is 0 Å². The monoisotopic (exact) mass is 380 g/mol. The molecule has 2 atom stereocenters. The van der Waals surface area contributed by atoms with Gasteiger partial charge in [0.15, 0.2) is 5.96 Å². The van der Waals surface area contributed by atoms with Gasteiger partial charge in [-0.1, -0.05) is 29.8 Å². The molecule has 2 heterocycles. The van der Waals surface area contributed by atoms with E-state index >= 15 is 0 Å². The summed E-state index contributed by atoms with van der Waals surface area (Å²) < 4.78 is 5.51. The number of hydrogen-bond donors (Lipinski definition) is 2. The molecule has 2 aliphatic heterocycles. The van der Waals surface area contributed by atoms with Crippen LogP contribution in [-0.2, 0) is 4.74 Å². The molecular formula is C19H29ClN4O2. The Kier molecular flexibility index (Phi) is 7.14. The summed E-state index contributed by atoms with van der Waals surface area (Å²) in [7, 11) is 0. The summed E-state index contributed by atoms with van der Waals surface area (Å²) >= 11 is 6.50. The van der Waals surface area contributed by atoms with Gasteiger partial charge in [-0.3, -0.25) is 9.89 Å². The number of ether oxygens (including phenoxy) is 1. The molecule has 1 aromatic carbocycles. The maximum atomic E-state index is 9.85. The number of nitrogens with zero attached hydrogens (tertiary/aromatic N) is 3. The Morgan fingerprint density at radius 1 is 1.35 bits per heavy atom. The van der Waals surface area contributed by atoms with Crippen molar-refractivity contribution in [3.05, 3.63) is 34.9 Å². The summed E-state index contributed by atoms with van der Waals surface area (Å²) in [5.41, 5.74) is 1.11. The highest BCUT2D eigenvalue weighted by Gasteiger charge is 2.26. The lowest BCUT2D eigenvalue weighted by Crippen LogP contribution is -2.43.